The SMILES string of the molecule is CCCCCCCCCCCCCCCCCCOC(C)CCCCCCCCCCCC. The number of unbranched alkanes of at least 4 members (excludes halogenated alkanes) is 24. The predicted octanol–water partition coefficient (Wildman–Crippen LogP) is 12.0. The third-order valence-corrected chi connectivity index (χ3v) is 7.36. The number of hydrogen-bond donors (Lipinski definition) is 0. The highest BCUT2D eigenvalue weighted by Gasteiger charge is 2.02. The van der Waals surface area contributed by atoms with Crippen molar-refractivity contribution in [3.8, 4) is 0 Å². The fourth-order valence-corrected chi connectivity index (χ4v) is 4.94. The fourth-order valence-electron chi connectivity index (χ4n) is 4.94. The first kappa shape index (κ1) is 33.0. The quantitative estimate of drug-likeness (QED) is 0.0995. The molecule has 0 saturated carbocycles. The van der Waals surface area contributed by atoms with E-state index in [1.165, 1.54) is 173 Å². The average molecular weight is 467 g/mol. The van der Waals surface area contributed by atoms with Crippen molar-refractivity contribution in [1.29, 1.82) is 0 Å². The van der Waals surface area contributed by atoms with E-state index in [9.17, 15) is 0 Å². The molecule has 1 heteroatoms. The molecule has 0 aromatic rings. The first-order valence-corrected chi connectivity index (χ1v) is 15.9. The molecule has 0 aliphatic carbocycles. The van der Waals surface area contributed by atoms with Crippen LogP contribution in [0.4, 0.5) is 0 Å². The molecule has 0 heterocycles. The minimum Gasteiger partial charge on any atom is -0.379 e. The monoisotopic (exact) mass is 467 g/mol. The molecule has 0 bridgehead atoms. The van der Waals surface area contributed by atoms with E-state index in [1.54, 1.807) is 0 Å². The molecule has 1 atom stereocenters. The standard InChI is InChI=1S/C32H66O/c1-4-6-8-10-12-14-16-17-18-19-20-21-23-25-27-29-31-33-32(3)30-28-26-24-22-15-13-11-9-7-5-2/h32H,4-31H2,1-3H3. The predicted molar refractivity (Wildman–Crippen MR) is 151 cm³/mol. The van der Waals surface area contributed by atoms with E-state index in [2.05, 4.69) is 20.8 Å². The van der Waals surface area contributed by atoms with Crippen molar-refractivity contribution in [3.05, 3.63) is 0 Å². The van der Waals surface area contributed by atoms with Crippen LogP contribution in [0.25, 0.3) is 0 Å². The Morgan fingerprint density at radius 2 is 0.636 bits per heavy atom. The van der Waals surface area contributed by atoms with Crippen LogP contribution in [0, 0.1) is 0 Å². The van der Waals surface area contributed by atoms with Crippen LogP contribution in [0.15, 0.2) is 0 Å². The van der Waals surface area contributed by atoms with Gasteiger partial charge in [0.05, 0.1) is 6.10 Å². The maximum atomic E-state index is 6.04. The summed E-state index contributed by atoms with van der Waals surface area (Å²) in [7, 11) is 0. The lowest BCUT2D eigenvalue weighted by atomic mass is 10.0. The van der Waals surface area contributed by atoms with E-state index in [0.717, 1.165) is 6.61 Å². The van der Waals surface area contributed by atoms with Crippen molar-refractivity contribution < 1.29 is 4.74 Å². The molecule has 1 nitrogen and oxygen atoms in total. The summed E-state index contributed by atoms with van der Waals surface area (Å²) in [6.45, 7) is 7.86. The van der Waals surface area contributed by atoms with Crippen LogP contribution in [-0.2, 0) is 4.74 Å². The average Bonchev–Trinajstić information content (AvgIpc) is 2.82. The van der Waals surface area contributed by atoms with Crippen LogP contribution in [-0.4, -0.2) is 12.7 Å². The van der Waals surface area contributed by atoms with Gasteiger partial charge in [-0.2, -0.15) is 0 Å². The summed E-state index contributed by atoms with van der Waals surface area (Å²) >= 11 is 0. The van der Waals surface area contributed by atoms with Crippen molar-refractivity contribution in [2.24, 2.45) is 0 Å². The molecule has 33 heavy (non-hydrogen) atoms. The molecule has 0 aromatic carbocycles. The molecule has 0 amide bonds. The molecule has 0 aromatic heterocycles. The van der Waals surface area contributed by atoms with Crippen LogP contribution >= 0.6 is 0 Å². The maximum Gasteiger partial charge on any atom is 0.0547 e. The molecule has 0 saturated heterocycles. The highest BCUT2D eigenvalue weighted by atomic mass is 16.5. The van der Waals surface area contributed by atoms with E-state index in [1.807, 2.05) is 0 Å². The third-order valence-electron chi connectivity index (χ3n) is 7.36. The summed E-state index contributed by atoms with van der Waals surface area (Å²) in [6, 6.07) is 0. The molecular weight excluding hydrogens is 400 g/mol. The van der Waals surface area contributed by atoms with E-state index in [0.29, 0.717) is 6.10 Å². The summed E-state index contributed by atoms with van der Waals surface area (Å²) in [5, 5.41) is 0. The van der Waals surface area contributed by atoms with E-state index in [-0.39, 0.29) is 0 Å². The Balaban J connectivity index is 3.12. The van der Waals surface area contributed by atoms with E-state index < -0.39 is 0 Å². The van der Waals surface area contributed by atoms with Gasteiger partial charge < -0.3 is 4.74 Å². The molecule has 0 aliphatic rings. The van der Waals surface area contributed by atoms with Gasteiger partial charge in [-0.05, 0) is 19.8 Å². The Labute approximate surface area is 211 Å². The topological polar surface area (TPSA) is 9.23 Å². The lowest BCUT2D eigenvalue weighted by Crippen LogP contribution is -2.09. The second kappa shape index (κ2) is 30.0. The fraction of sp³-hybridized carbons (Fsp3) is 1.00. The van der Waals surface area contributed by atoms with Crippen LogP contribution in [0.2, 0.25) is 0 Å². The summed E-state index contributed by atoms with van der Waals surface area (Å²) in [5.74, 6) is 0. The molecule has 0 spiro atoms. The second-order valence-electron chi connectivity index (χ2n) is 11.0. The van der Waals surface area contributed by atoms with Crippen molar-refractivity contribution >= 4 is 0 Å². The van der Waals surface area contributed by atoms with Gasteiger partial charge in [0, 0.05) is 6.61 Å². The lowest BCUT2D eigenvalue weighted by Gasteiger charge is -2.13. The molecule has 0 fully saturated rings. The Bertz CT molecular complexity index is 326. The Kier molecular flexibility index (Phi) is 30.0. The summed E-state index contributed by atoms with van der Waals surface area (Å²) < 4.78 is 6.04. The van der Waals surface area contributed by atoms with Gasteiger partial charge in [-0.3, -0.25) is 0 Å². The minimum absolute atomic E-state index is 0.468. The lowest BCUT2D eigenvalue weighted by molar-refractivity contribution is 0.0557. The largest absolute Gasteiger partial charge is 0.379 e. The van der Waals surface area contributed by atoms with Crippen LogP contribution in [0.5, 0.6) is 0 Å². The first-order valence-electron chi connectivity index (χ1n) is 15.9. The van der Waals surface area contributed by atoms with Crippen LogP contribution in [0.1, 0.15) is 194 Å². The van der Waals surface area contributed by atoms with Crippen molar-refractivity contribution in [1.82, 2.24) is 0 Å². The third kappa shape index (κ3) is 29.9. The first-order chi connectivity index (χ1) is 16.3. The zero-order valence-electron chi connectivity index (χ0n) is 23.8. The molecule has 1 unspecified atom stereocenters. The number of ether oxygens (including phenoxy) is 1. The van der Waals surface area contributed by atoms with Gasteiger partial charge in [0.2, 0.25) is 0 Å². The number of rotatable bonds is 29. The number of hydrogen-bond acceptors (Lipinski definition) is 1. The summed E-state index contributed by atoms with van der Waals surface area (Å²) in [5.41, 5.74) is 0. The summed E-state index contributed by atoms with van der Waals surface area (Å²) in [4.78, 5) is 0. The zero-order chi connectivity index (χ0) is 24.1. The Morgan fingerprint density at radius 1 is 0.364 bits per heavy atom. The van der Waals surface area contributed by atoms with E-state index >= 15 is 0 Å². The highest BCUT2D eigenvalue weighted by Crippen LogP contribution is 2.15. The highest BCUT2D eigenvalue weighted by molar-refractivity contribution is 4.54. The van der Waals surface area contributed by atoms with Gasteiger partial charge in [-0.25, -0.2) is 0 Å². The maximum absolute atomic E-state index is 6.04. The van der Waals surface area contributed by atoms with E-state index in [4.69, 9.17) is 4.74 Å². The Morgan fingerprint density at radius 3 is 0.970 bits per heavy atom. The minimum atomic E-state index is 0.468. The summed E-state index contributed by atoms with van der Waals surface area (Å²) in [6.07, 6.45) is 38.9. The van der Waals surface area contributed by atoms with Crippen LogP contribution < -0.4 is 0 Å². The van der Waals surface area contributed by atoms with Gasteiger partial charge in [-0.1, -0.05) is 174 Å². The molecule has 200 valence electrons. The smallest absolute Gasteiger partial charge is 0.0547 e. The van der Waals surface area contributed by atoms with Gasteiger partial charge in [0.1, 0.15) is 0 Å². The zero-order valence-corrected chi connectivity index (χ0v) is 23.8. The molecule has 0 radical (unpaired) electrons. The van der Waals surface area contributed by atoms with Gasteiger partial charge in [0.15, 0.2) is 0 Å². The van der Waals surface area contributed by atoms with Gasteiger partial charge >= 0.3 is 0 Å². The van der Waals surface area contributed by atoms with Gasteiger partial charge in [0.25, 0.3) is 0 Å². The van der Waals surface area contributed by atoms with Gasteiger partial charge in [-0.15, -0.1) is 0 Å². The molecular formula is C32H66O. The molecule has 0 rings (SSSR count). The molecule has 0 aliphatic heterocycles. The molecule has 0 N–H and O–H groups in total. The van der Waals surface area contributed by atoms with Crippen LogP contribution in [0.3, 0.4) is 0 Å². The Hall–Kier alpha value is -0.0400. The normalized spacial score (nSPS) is 12.5. The van der Waals surface area contributed by atoms with Crippen molar-refractivity contribution in [2.45, 2.75) is 200 Å². The second-order valence-corrected chi connectivity index (χ2v) is 11.0. The van der Waals surface area contributed by atoms with Crippen molar-refractivity contribution in [2.75, 3.05) is 6.61 Å². The van der Waals surface area contributed by atoms with Crippen molar-refractivity contribution in [3.63, 3.8) is 0 Å².